The largest absolute Gasteiger partial charge is 0.350 e. The quantitative estimate of drug-likeness (QED) is 0.826. The van der Waals surface area contributed by atoms with Gasteiger partial charge in [-0.05, 0) is 12.8 Å². The SMILES string of the molecule is O=S1(=O)CCCC(Nc2ncc(F)cn2)C1. The second-order valence-electron chi connectivity index (χ2n) is 3.82. The molecule has 0 saturated carbocycles. The molecule has 0 spiro atoms. The third-order valence-electron chi connectivity index (χ3n) is 2.42. The average molecular weight is 245 g/mol. The molecule has 0 bridgehead atoms. The van der Waals surface area contributed by atoms with E-state index in [1.165, 1.54) is 0 Å². The minimum atomic E-state index is -2.95. The van der Waals surface area contributed by atoms with E-state index >= 15 is 0 Å². The lowest BCUT2D eigenvalue weighted by atomic mass is 10.2. The number of nitrogens with zero attached hydrogens (tertiary/aromatic N) is 2. The van der Waals surface area contributed by atoms with Gasteiger partial charge in [0, 0.05) is 6.04 Å². The van der Waals surface area contributed by atoms with Crippen molar-refractivity contribution in [2.45, 2.75) is 18.9 Å². The van der Waals surface area contributed by atoms with E-state index in [9.17, 15) is 12.8 Å². The number of halogens is 1. The molecule has 1 atom stereocenters. The second kappa shape index (κ2) is 4.32. The van der Waals surface area contributed by atoms with Crippen molar-refractivity contribution in [1.29, 1.82) is 0 Å². The highest BCUT2D eigenvalue weighted by Crippen LogP contribution is 2.15. The van der Waals surface area contributed by atoms with Crippen LogP contribution in [0.15, 0.2) is 12.4 Å². The topological polar surface area (TPSA) is 72.0 Å². The predicted octanol–water partition coefficient (Wildman–Crippen LogP) is 0.605. The number of hydrogen-bond acceptors (Lipinski definition) is 5. The lowest BCUT2D eigenvalue weighted by Crippen LogP contribution is -2.35. The monoisotopic (exact) mass is 245 g/mol. The molecule has 1 aliphatic rings. The number of rotatable bonds is 2. The van der Waals surface area contributed by atoms with Crippen LogP contribution in [-0.2, 0) is 9.84 Å². The van der Waals surface area contributed by atoms with Gasteiger partial charge in [-0.3, -0.25) is 0 Å². The van der Waals surface area contributed by atoms with E-state index in [1.807, 2.05) is 0 Å². The Labute approximate surface area is 93.0 Å². The number of aromatic nitrogens is 2. The molecule has 16 heavy (non-hydrogen) atoms. The van der Waals surface area contributed by atoms with Gasteiger partial charge in [0.15, 0.2) is 15.7 Å². The molecule has 2 rings (SSSR count). The molecule has 1 N–H and O–H groups in total. The van der Waals surface area contributed by atoms with Crippen LogP contribution < -0.4 is 5.32 Å². The highest BCUT2D eigenvalue weighted by molar-refractivity contribution is 7.91. The summed E-state index contributed by atoms with van der Waals surface area (Å²) in [6.07, 6.45) is 3.50. The van der Waals surface area contributed by atoms with Gasteiger partial charge in [-0.1, -0.05) is 0 Å². The molecular weight excluding hydrogens is 233 g/mol. The standard InChI is InChI=1S/C9H12FN3O2S/c10-7-4-11-9(12-5-7)13-8-2-1-3-16(14,15)6-8/h4-5,8H,1-3,6H2,(H,11,12,13). The maximum atomic E-state index is 12.5. The van der Waals surface area contributed by atoms with Gasteiger partial charge in [-0.2, -0.15) is 0 Å². The third kappa shape index (κ3) is 2.88. The van der Waals surface area contributed by atoms with E-state index < -0.39 is 15.7 Å². The molecule has 0 radical (unpaired) electrons. The molecule has 1 saturated heterocycles. The first kappa shape index (κ1) is 11.3. The van der Waals surface area contributed by atoms with Crippen molar-refractivity contribution in [2.24, 2.45) is 0 Å². The van der Waals surface area contributed by atoms with E-state index in [0.717, 1.165) is 18.8 Å². The van der Waals surface area contributed by atoms with Crippen LogP contribution in [0.4, 0.5) is 10.3 Å². The van der Waals surface area contributed by atoms with Crippen molar-refractivity contribution >= 4 is 15.8 Å². The Balaban J connectivity index is 2.02. The predicted molar refractivity (Wildman–Crippen MR) is 57.3 cm³/mol. The molecule has 1 fully saturated rings. The van der Waals surface area contributed by atoms with Crippen LogP contribution in [0.2, 0.25) is 0 Å². The summed E-state index contributed by atoms with van der Waals surface area (Å²) in [5.41, 5.74) is 0. The van der Waals surface area contributed by atoms with Gasteiger partial charge in [-0.25, -0.2) is 22.8 Å². The molecule has 0 aliphatic carbocycles. The molecule has 2 heterocycles. The van der Waals surface area contributed by atoms with Gasteiger partial charge >= 0.3 is 0 Å². The first-order valence-electron chi connectivity index (χ1n) is 5.00. The lowest BCUT2D eigenvalue weighted by Gasteiger charge is -2.22. The van der Waals surface area contributed by atoms with Crippen molar-refractivity contribution < 1.29 is 12.8 Å². The van der Waals surface area contributed by atoms with Crippen molar-refractivity contribution in [3.8, 4) is 0 Å². The van der Waals surface area contributed by atoms with Crippen molar-refractivity contribution in [1.82, 2.24) is 9.97 Å². The molecule has 1 aliphatic heterocycles. The Bertz CT molecular complexity index is 460. The van der Waals surface area contributed by atoms with Crippen LogP contribution in [0.5, 0.6) is 0 Å². The summed E-state index contributed by atoms with van der Waals surface area (Å²) < 4.78 is 35.3. The maximum Gasteiger partial charge on any atom is 0.223 e. The number of anilines is 1. The van der Waals surface area contributed by atoms with Crippen LogP contribution in [0.25, 0.3) is 0 Å². The molecule has 1 aromatic heterocycles. The van der Waals surface area contributed by atoms with Gasteiger partial charge in [0.2, 0.25) is 5.95 Å². The highest BCUT2D eigenvalue weighted by atomic mass is 32.2. The highest BCUT2D eigenvalue weighted by Gasteiger charge is 2.24. The first-order valence-corrected chi connectivity index (χ1v) is 6.82. The zero-order valence-electron chi connectivity index (χ0n) is 8.56. The summed E-state index contributed by atoms with van der Waals surface area (Å²) in [6.45, 7) is 0. The van der Waals surface area contributed by atoms with Gasteiger partial charge in [0.05, 0.1) is 23.9 Å². The Morgan fingerprint density at radius 3 is 2.69 bits per heavy atom. The fourth-order valence-electron chi connectivity index (χ4n) is 1.71. The Morgan fingerprint density at radius 1 is 1.38 bits per heavy atom. The van der Waals surface area contributed by atoms with Crippen LogP contribution in [0.1, 0.15) is 12.8 Å². The Morgan fingerprint density at radius 2 is 2.06 bits per heavy atom. The van der Waals surface area contributed by atoms with Crippen LogP contribution in [0.3, 0.4) is 0 Å². The fraction of sp³-hybridized carbons (Fsp3) is 0.556. The summed E-state index contributed by atoms with van der Waals surface area (Å²) in [5, 5.41) is 2.90. The van der Waals surface area contributed by atoms with Gasteiger partial charge < -0.3 is 5.32 Å². The van der Waals surface area contributed by atoms with Crippen LogP contribution in [-0.4, -0.2) is 35.9 Å². The summed E-state index contributed by atoms with van der Waals surface area (Å²) in [6, 6.07) is -0.177. The molecule has 1 unspecified atom stereocenters. The molecule has 0 aromatic carbocycles. The lowest BCUT2D eigenvalue weighted by molar-refractivity contribution is 0.560. The van der Waals surface area contributed by atoms with E-state index in [1.54, 1.807) is 0 Å². The van der Waals surface area contributed by atoms with E-state index in [2.05, 4.69) is 15.3 Å². The molecule has 5 nitrogen and oxygen atoms in total. The van der Waals surface area contributed by atoms with E-state index in [0.29, 0.717) is 6.42 Å². The van der Waals surface area contributed by atoms with E-state index in [-0.39, 0.29) is 23.5 Å². The average Bonchev–Trinajstić information content (AvgIpc) is 2.20. The Hall–Kier alpha value is -1.24. The summed E-state index contributed by atoms with van der Waals surface area (Å²) >= 11 is 0. The molecule has 88 valence electrons. The molecular formula is C9H12FN3O2S. The molecule has 7 heteroatoms. The smallest absolute Gasteiger partial charge is 0.223 e. The maximum absolute atomic E-state index is 12.5. The van der Waals surface area contributed by atoms with Crippen LogP contribution >= 0.6 is 0 Å². The van der Waals surface area contributed by atoms with Gasteiger partial charge in [0.1, 0.15) is 0 Å². The van der Waals surface area contributed by atoms with Gasteiger partial charge in [-0.15, -0.1) is 0 Å². The van der Waals surface area contributed by atoms with Gasteiger partial charge in [0.25, 0.3) is 0 Å². The van der Waals surface area contributed by atoms with E-state index in [4.69, 9.17) is 0 Å². The first-order chi connectivity index (χ1) is 7.55. The van der Waals surface area contributed by atoms with Crippen molar-refractivity contribution in [3.63, 3.8) is 0 Å². The van der Waals surface area contributed by atoms with Crippen LogP contribution in [0, 0.1) is 5.82 Å². The number of hydrogen-bond donors (Lipinski definition) is 1. The van der Waals surface area contributed by atoms with Crippen molar-refractivity contribution in [3.05, 3.63) is 18.2 Å². The zero-order chi connectivity index (χ0) is 11.6. The third-order valence-corrected chi connectivity index (χ3v) is 4.24. The van der Waals surface area contributed by atoms with Crippen molar-refractivity contribution in [2.75, 3.05) is 16.8 Å². The number of nitrogens with one attached hydrogen (secondary N) is 1. The zero-order valence-corrected chi connectivity index (χ0v) is 9.37. The fourth-order valence-corrected chi connectivity index (χ4v) is 3.34. The molecule has 0 amide bonds. The Kier molecular flexibility index (Phi) is 3.04. The number of sulfone groups is 1. The summed E-state index contributed by atoms with van der Waals surface area (Å²) in [7, 11) is -2.95. The molecule has 1 aromatic rings. The normalized spacial score (nSPS) is 23.9. The minimum absolute atomic E-state index is 0.0910. The summed E-state index contributed by atoms with van der Waals surface area (Å²) in [4.78, 5) is 7.46. The minimum Gasteiger partial charge on any atom is -0.350 e. The second-order valence-corrected chi connectivity index (χ2v) is 6.05. The summed E-state index contributed by atoms with van der Waals surface area (Å²) in [5.74, 6) is 0.0914.